The van der Waals surface area contributed by atoms with Crippen LogP contribution < -0.4 is 0 Å². The van der Waals surface area contributed by atoms with Crippen molar-refractivity contribution in [2.45, 2.75) is 26.3 Å². The average molecular weight is 292 g/mol. The van der Waals surface area contributed by atoms with Gasteiger partial charge in [-0.05, 0) is 31.9 Å². The predicted octanol–water partition coefficient (Wildman–Crippen LogP) is 4.83. The van der Waals surface area contributed by atoms with Gasteiger partial charge >= 0.3 is 0 Å². The third-order valence-corrected chi connectivity index (χ3v) is 3.13. The molecule has 0 aliphatic heterocycles. The van der Waals surface area contributed by atoms with Gasteiger partial charge in [-0.15, -0.1) is 0 Å². The molecule has 2 rings (SSSR count). The van der Waals surface area contributed by atoms with Crippen molar-refractivity contribution in [2.75, 3.05) is 7.05 Å². The van der Waals surface area contributed by atoms with E-state index in [1.54, 1.807) is 0 Å². The lowest BCUT2D eigenvalue weighted by Crippen LogP contribution is -2.16. The van der Waals surface area contributed by atoms with E-state index in [-0.39, 0.29) is 5.54 Å². The van der Waals surface area contributed by atoms with Gasteiger partial charge in [0.15, 0.2) is 0 Å². The minimum atomic E-state index is -0.0677. The molecule has 0 heterocycles. The molecule has 0 spiro atoms. The van der Waals surface area contributed by atoms with E-state index in [9.17, 15) is 0 Å². The molecule has 2 aromatic rings. The summed E-state index contributed by atoms with van der Waals surface area (Å²) in [5.41, 5.74) is 3.51. The van der Waals surface area contributed by atoms with Gasteiger partial charge in [-0.3, -0.25) is 4.99 Å². The van der Waals surface area contributed by atoms with Crippen molar-refractivity contribution >= 4 is 11.9 Å². The quantitative estimate of drug-likeness (QED) is 0.582. The summed E-state index contributed by atoms with van der Waals surface area (Å²) < 4.78 is 0. The lowest BCUT2D eigenvalue weighted by Gasteiger charge is -2.16. The molecule has 0 atom stereocenters. The summed E-state index contributed by atoms with van der Waals surface area (Å²) in [6.45, 7) is 6.28. The van der Waals surface area contributed by atoms with E-state index >= 15 is 0 Å². The van der Waals surface area contributed by atoms with Gasteiger partial charge < -0.3 is 4.90 Å². The van der Waals surface area contributed by atoms with Gasteiger partial charge in [-0.1, -0.05) is 60.7 Å². The van der Waals surface area contributed by atoms with Crippen molar-refractivity contribution < 1.29 is 0 Å². The molecule has 0 radical (unpaired) electrons. The Kier molecular flexibility index (Phi) is 5.16. The molecule has 2 aromatic carbocycles. The van der Waals surface area contributed by atoms with Crippen molar-refractivity contribution in [3.05, 3.63) is 78.0 Å². The monoisotopic (exact) mass is 292 g/mol. The molecule has 0 saturated carbocycles. The number of benzene rings is 2. The van der Waals surface area contributed by atoms with Gasteiger partial charge in [0.2, 0.25) is 0 Å². The van der Waals surface area contributed by atoms with Crippen LogP contribution in [0.1, 0.15) is 31.9 Å². The lowest BCUT2D eigenvalue weighted by molar-refractivity contribution is 0.570. The summed E-state index contributed by atoms with van der Waals surface area (Å²) in [5, 5.41) is 0. The minimum absolute atomic E-state index is 0.0677. The Labute approximate surface area is 133 Å². The third kappa shape index (κ3) is 4.88. The normalized spacial score (nSPS) is 11.5. The van der Waals surface area contributed by atoms with E-state index < -0.39 is 0 Å². The van der Waals surface area contributed by atoms with E-state index in [0.717, 1.165) is 0 Å². The molecule has 0 saturated heterocycles. The van der Waals surface area contributed by atoms with Crippen LogP contribution in [0.2, 0.25) is 0 Å². The van der Waals surface area contributed by atoms with Crippen molar-refractivity contribution in [1.29, 1.82) is 0 Å². The average Bonchev–Trinajstić information content (AvgIpc) is 2.52. The maximum Gasteiger partial charge on any atom is 0.0893 e. The molecule has 2 nitrogen and oxygen atoms in total. The highest BCUT2D eigenvalue weighted by molar-refractivity contribution is 5.80. The highest BCUT2D eigenvalue weighted by Gasteiger charge is 2.07. The number of aliphatic imine (C=N–C) groups is 1. The first-order valence-corrected chi connectivity index (χ1v) is 7.56. The second-order valence-electron chi connectivity index (χ2n) is 6.36. The Morgan fingerprint density at radius 2 is 1.32 bits per heavy atom. The first-order chi connectivity index (χ1) is 10.5. The van der Waals surface area contributed by atoms with E-state index in [4.69, 9.17) is 0 Å². The Balaban J connectivity index is 2.37. The summed E-state index contributed by atoms with van der Waals surface area (Å²) in [7, 11) is 2.02. The summed E-state index contributed by atoms with van der Waals surface area (Å²) >= 11 is 0. The molecule has 2 heteroatoms. The highest BCUT2D eigenvalue weighted by atomic mass is 15.1. The van der Waals surface area contributed by atoms with Crippen molar-refractivity contribution in [3.8, 4) is 0 Å². The van der Waals surface area contributed by atoms with Crippen LogP contribution in [0.25, 0.3) is 5.57 Å². The fraction of sp³-hybridized carbons (Fsp3) is 0.250. The molecule has 22 heavy (non-hydrogen) atoms. The number of rotatable bonds is 4. The zero-order valence-electron chi connectivity index (χ0n) is 13.8. The smallest absolute Gasteiger partial charge is 0.0893 e. The summed E-state index contributed by atoms with van der Waals surface area (Å²) in [6, 6.07) is 20.9. The Hall–Kier alpha value is -2.35. The molecule has 0 aromatic heterocycles. The van der Waals surface area contributed by atoms with Crippen molar-refractivity contribution in [3.63, 3.8) is 0 Å². The van der Waals surface area contributed by atoms with Gasteiger partial charge in [-0.2, -0.15) is 0 Å². The number of nitrogens with zero attached hydrogens (tertiary/aromatic N) is 2. The van der Waals surface area contributed by atoms with E-state index in [0.29, 0.717) is 0 Å². The largest absolute Gasteiger partial charge is 0.342 e. The third-order valence-electron chi connectivity index (χ3n) is 3.13. The van der Waals surface area contributed by atoms with Gasteiger partial charge in [-0.25, -0.2) is 0 Å². The molecule has 0 aliphatic rings. The van der Waals surface area contributed by atoms with Gasteiger partial charge in [0, 0.05) is 18.8 Å². The zero-order chi connectivity index (χ0) is 16.0. The van der Waals surface area contributed by atoms with Crippen LogP contribution in [0.3, 0.4) is 0 Å². The van der Waals surface area contributed by atoms with Crippen LogP contribution in [-0.4, -0.2) is 23.8 Å². The van der Waals surface area contributed by atoms with E-state index in [1.165, 1.54) is 16.7 Å². The summed E-state index contributed by atoms with van der Waals surface area (Å²) in [6.07, 6.45) is 4.01. The lowest BCUT2D eigenvalue weighted by atomic mass is 9.99. The van der Waals surface area contributed by atoms with Crippen LogP contribution in [0.5, 0.6) is 0 Å². The molecule has 0 fully saturated rings. The fourth-order valence-corrected chi connectivity index (χ4v) is 2.05. The van der Waals surface area contributed by atoms with Crippen LogP contribution in [0, 0.1) is 0 Å². The van der Waals surface area contributed by atoms with Crippen LogP contribution in [0.15, 0.2) is 71.9 Å². The number of hydrogen-bond donors (Lipinski definition) is 0. The number of hydrogen-bond acceptors (Lipinski definition) is 1. The molecular weight excluding hydrogens is 268 g/mol. The maximum absolute atomic E-state index is 4.55. The molecule has 0 aliphatic carbocycles. The Morgan fingerprint density at radius 1 is 0.864 bits per heavy atom. The van der Waals surface area contributed by atoms with Crippen molar-refractivity contribution in [1.82, 2.24) is 4.90 Å². The van der Waals surface area contributed by atoms with Crippen molar-refractivity contribution in [2.24, 2.45) is 4.99 Å². The second-order valence-corrected chi connectivity index (χ2v) is 6.36. The van der Waals surface area contributed by atoms with Gasteiger partial charge in [0.25, 0.3) is 0 Å². The van der Waals surface area contributed by atoms with Crippen LogP contribution in [0.4, 0.5) is 0 Å². The van der Waals surface area contributed by atoms with Crippen LogP contribution >= 0.6 is 0 Å². The maximum atomic E-state index is 4.55. The van der Waals surface area contributed by atoms with E-state index in [1.807, 2.05) is 30.4 Å². The Bertz CT molecular complexity index is 593. The highest BCUT2D eigenvalue weighted by Crippen LogP contribution is 2.23. The summed E-state index contributed by atoms with van der Waals surface area (Å²) in [4.78, 5) is 6.57. The summed E-state index contributed by atoms with van der Waals surface area (Å²) in [5.74, 6) is 0. The zero-order valence-corrected chi connectivity index (χ0v) is 13.8. The molecule has 114 valence electrons. The molecular formula is C20H24N2. The first-order valence-electron chi connectivity index (χ1n) is 7.56. The molecule has 0 amide bonds. The van der Waals surface area contributed by atoms with E-state index in [2.05, 4.69) is 80.5 Å². The van der Waals surface area contributed by atoms with Gasteiger partial charge in [0.05, 0.1) is 11.9 Å². The molecule has 0 unspecified atom stereocenters. The minimum Gasteiger partial charge on any atom is -0.342 e. The topological polar surface area (TPSA) is 15.6 Å². The standard InChI is InChI=1S/C20H24N2/c1-20(2,3)21-16-22(4)15-19(17-11-7-5-8-12-17)18-13-9-6-10-14-18/h5-16H,1-4H3. The predicted molar refractivity (Wildman–Crippen MR) is 96.0 cm³/mol. The molecule has 0 N–H and O–H groups in total. The van der Waals surface area contributed by atoms with Crippen LogP contribution in [-0.2, 0) is 0 Å². The second kappa shape index (κ2) is 7.08. The SMILES string of the molecule is CN(C=NC(C)(C)C)C=C(c1ccccc1)c1ccccc1. The molecule has 0 bridgehead atoms. The fourth-order valence-electron chi connectivity index (χ4n) is 2.05. The Morgan fingerprint density at radius 3 is 1.73 bits per heavy atom. The van der Waals surface area contributed by atoms with Gasteiger partial charge in [0.1, 0.15) is 0 Å². The first kappa shape index (κ1) is 16.0.